The van der Waals surface area contributed by atoms with Crippen LogP contribution in [-0.4, -0.2) is 23.2 Å². The molecular weight excluding hydrogens is 203 g/mol. The molecule has 0 aliphatic rings. The van der Waals surface area contributed by atoms with Gasteiger partial charge in [0.2, 0.25) is 0 Å². The van der Waals surface area contributed by atoms with E-state index in [1.165, 1.54) is 18.6 Å². The van der Waals surface area contributed by atoms with E-state index in [0.29, 0.717) is 13.2 Å². The van der Waals surface area contributed by atoms with E-state index in [0.717, 1.165) is 0 Å². The van der Waals surface area contributed by atoms with Crippen LogP contribution in [0.2, 0.25) is 0 Å². The third-order valence-corrected chi connectivity index (χ3v) is 3.42. The molecule has 1 heterocycles. The Bertz CT molecular complexity index is 308. The number of rotatable bonds is 5. The zero-order valence-electron chi connectivity index (χ0n) is 8.21. The molecule has 0 unspecified atom stereocenters. The standard InChI is InChI=1S/C8H13N2O3P/c1-3-12-14(11,13-4-2)8-7-9-5-6-10-8/h5-7H,3-4H2,1-2H3. The molecule has 0 amide bonds. The van der Waals surface area contributed by atoms with Crippen molar-refractivity contribution in [2.75, 3.05) is 13.2 Å². The number of nitrogens with zero attached hydrogens (tertiary/aromatic N) is 2. The maximum absolute atomic E-state index is 12.1. The molecule has 78 valence electrons. The Balaban J connectivity index is 2.94. The second-order valence-electron chi connectivity index (χ2n) is 2.40. The Hall–Kier alpha value is -0.770. The van der Waals surface area contributed by atoms with Crippen molar-refractivity contribution in [1.82, 2.24) is 9.97 Å². The van der Waals surface area contributed by atoms with Gasteiger partial charge in [0.15, 0.2) is 5.44 Å². The third-order valence-electron chi connectivity index (χ3n) is 1.43. The van der Waals surface area contributed by atoms with Crippen molar-refractivity contribution in [3.63, 3.8) is 0 Å². The fourth-order valence-electron chi connectivity index (χ4n) is 0.942. The summed E-state index contributed by atoms with van der Waals surface area (Å²) >= 11 is 0. The first-order valence-corrected chi connectivity index (χ1v) is 5.93. The van der Waals surface area contributed by atoms with Gasteiger partial charge in [-0.15, -0.1) is 0 Å². The Morgan fingerprint density at radius 2 is 1.93 bits per heavy atom. The van der Waals surface area contributed by atoms with Crippen LogP contribution in [0.1, 0.15) is 13.8 Å². The van der Waals surface area contributed by atoms with Gasteiger partial charge in [-0.05, 0) is 13.8 Å². The van der Waals surface area contributed by atoms with Crippen molar-refractivity contribution < 1.29 is 13.6 Å². The van der Waals surface area contributed by atoms with E-state index in [1.807, 2.05) is 0 Å². The highest BCUT2D eigenvalue weighted by molar-refractivity contribution is 7.61. The highest BCUT2D eigenvalue weighted by Crippen LogP contribution is 2.45. The highest BCUT2D eigenvalue weighted by atomic mass is 31.2. The van der Waals surface area contributed by atoms with Gasteiger partial charge in [0.25, 0.3) is 0 Å². The SMILES string of the molecule is CCOP(=O)(OCC)c1cnccn1. The monoisotopic (exact) mass is 216 g/mol. The van der Waals surface area contributed by atoms with Crippen LogP contribution < -0.4 is 5.44 Å². The third kappa shape index (κ3) is 2.61. The maximum Gasteiger partial charge on any atom is 0.381 e. The Kier molecular flexibility index (Phi) is 4.20. The first kappa shape index (κ1) is 11.3. The van der Waals surface area contributed by atoms with E-state index < -0.39 is 7.60 Å². The number of aromatic nitrogens is 2. The lowest BCUT2D eigenvalue weighted by atomic mass is 10.8. The van der Waals surface area contributed by atoms with E-state index >= 15 is 0 Å². The van der Waals surface area contributed by atoms with E-state index in [2.05, 4.69) is 9.97 Å². The first-order valence-electron chi connectivity index (χ1n) is 4.38. The summed E-state index contributed by atoms with van der Waals surface area (Å²) in [6.07, 6.45) is 4.36. The summed E-state index contributed by atoms with van der Waals surface area (Å²) in [4.78, 5) is 7.73. The predicted molar refractivity (Wildman–Crippen MR) is 52.5 cm³/mol. The summed E-state index contributed by atoms with van der Waals surface area (Å²) in [5.74, 6) is 0. The van der Waals surface area contributed by atoms with Crippen molar-refractivity contribution in [3.05, 3.63) is 18.6 Å². The normalized spacial score (nSPS) is 11.6. The summed E-state index contributed by atoms with van der Waals surface area (Å²) in [6.45, 7) is 4.13. The van der Waals surface area contributed by atoms with E-state index in [-0.39, 0.29) is 5.44 Å². The molecule has 5 nitrogen and oxygen atoms in total. The quantitative estimate of drug-likeness (QED) is 0.695. The molecule has 0 aliphatic carbocycles. The fourth-order valence-corrected chi connectivity index (χ4v) is 2.38. The van der Waals surface area contributed by atoms with Crippen molar-refractivity contribution in [3.8, 4) is 0 Å². The molecule has 1 rings (SSSR count). The molecule has 0 N–H and O–H groups in total. The molecule has 0 atom stereocenters. The topological polar surface area (TPSA) is 61.3 Å². The summed E-state index contributed by atoms with van der Waals surface area (Å²) in [7, 11) is -3.25. The molecule has 0 saturated heterocycles. The molecule has 0 radical (unpaired) electrons. The molecule has 0 bridgehead atoms. The van der Waals surface area contributed by atoms with Crippen LogP contribution in [0.3, 0.4) is 0 Å². The van der Waals surface area contributed by atoms with Crippen molar-refractivity contribution >= 4 is 13.0 Å². The fraction of sp³-hybridized carbons (Fsp3) is 0.500. The van der Waals surface area contributed by atoms with Crippen LogP contribution >= 0.6 is 7.60 Å². The van der Waals surface area contributed by atoms with Gasteiger partial charge in [-0.3, -0.25) is 9.55 Å². The Morgan fingerprint density at radius 1 is 1.29 bits per heavy atom. The van der Waals surface area contributed by atoms with E-state index in [1.54, 1.807) is 13.8 Å². The minimum atomic E-state index is -3.25. The van der Waals surface area contributed by atoms with Crippen LogP contribution in [0.5, 0.6) is 0 Å². The van der Waals surface area contributed by atoms with Gasteiger partial charge >= 0.3 is 7.60 Å². The smallest absolute Gasteiger partial charge is 0.304 e. The molecule has 0 saturated carbocycles. The summed E-state index contributed by atoms with van der Waals surface area (Å²) in [5.41, 5.74) is 0.253. The van der Waals surface area contributed by atoms with Gasteiger partial charge < -0.3 is 9.05 Å². The first-order chi connectivity index (χ1) is 6.73. The molecule has 0 spiro atoms. The summed E-state index contributed by atoms with van der Waals surface area (Å²) in [5, 5.41) is 0. The second-order valence-corrected chi connectivity index (χ2v) is 4.37. The van der Waals surface area contributed by atoms with Crippen LogP contribution in [0.25, 0.3) is 0 Å². The molecule has 1 aromatic rings. The van der Waals surface area contributed by atoms with Crippen LogP contribution in [0, 0.1) is 0 Å². The van der Waals surface area contributed by atoms with Gasteiger partial charge in [-0.2, -0.15) is 0 Å². The van der Waals surface area contributed by atoms with Crippen molar-refractivity contribution in [2.45, 2.75) is 13.8 Å². The Morgan fingerprint density at radius 3 is 2.36 bits per heavy atom. The molecule has 0 fully saturated rings. The predicted octanol–water partition coefficient (Wildman–Crippen LogP) is 1.37. The highest BCUT2D eigenvalue weighted by Gasteiger charge is 2.28. The molecule has 0 aliphatic heterocycles. The lowest BCUT2D eigenvalue weighted by Crippen LogP contribution is -2.14. The number of hydrogen-bond donors (Lipinski definition) is 0. The molecule has 0 aromatic carbocycles. The molecule has 14 heavy (non-hydrogen) atoms. The largest absolute Gasteiger partial charge is 0.381 e. The van der Waals surface area contributed by atoms with Crippen molar-refractivity contribution in [2.24, 2.45) is 0 Å². The molecule has 6 heteroatoms. The minimum Gasteiger partial charge on any atom is -0.304 e. The van der Waals surface area contributed by atoms with Gasteiger partial charge in [-0.25, -0.2) is 4.98 Å². The number of hydrogen-bond acceptors (Lipinski definition) is 5. The van der Waals surface area contributed by atoms with Gasteiger partial charge in [0.1, 0.15) is 0 Å². The van der Waals surface area contributed by atoms with Crippen molar-refractivity contribution in [1.29, 1.82) is 0 Å². The zero-order valence-corrected chi connectivity index (χ0v) is 9.11. The van der Waals surface area contributed by atoms with E-state index in [4.69, 9.17) is 9.05 Å². The average molecular weight is 216 g/mol. The van der Waals surface area contributed by atoms with Crippen LogP contribution in [-0.2, 0) is 13.6 Å². The van der Waals surface area contributed by atoms with Gasteiger partial charge in [-0.1, -0.05) is 0 Å². The van der Waals surface area contributed by atoms with Gasteiger partial charge in [0.05, 0.1) is 19.4 Å². The van der Waals surface area contributed by atoms with Crippen LogP contribution in [0.15, 0.2) is 18.6 Å². The second kappa shape index (κ2) is 5.20. The molecular formula is C8H13N2O3P. The zero-order chi connectivity index (χ0) is 10.4. The maximum atomic E-state index is 12.1. The van der Waals surface area contributed by atoms with Crippen LogP contribution in [0.4, 0.5) is 0 Å². The minimum absolute atomic E-state index is 0.253. The Labute approximate surface area is 83.0 Å². The average Bonchev–Trinajstić information content (AvgIpc) is 2.20. The molecule has 1 aromatic heterocycles. The van der Waals surface area contributed by atoms with E-state index in [9.17, 15) is 4.57 Å². The lowest BCUT2D eigenvalue weighted by Gasteiger charge is -2.15. The summed E-state index contributed by atoms with van der Waals surface area (Å²) in [6, 6.07) is 0. The lowest BCUT2D eigenvalue weighted by molar-refractivity contribution is 0.229. The van der Waals surface area contributed by atoms with Gasteiger partial charge in [0, 0.05) is 12.4 Å². The summed E-state index contributed by atoms with van der Waals surface area (Å²) < 4.78 is 22.2.